The minimum atomic E-state index is 0.784. The van der Waals surface area contributed by atoms with Gasteiger partial charge in [0.2, 0.25) is 0 Å². The molecule has 2 aromatic rings. The number of hydrogen-bond acceptors (Lipinski definition) is 3. The maximum atomic E-state index is 6.12. The summed E-state index contributed by atoms with van der Waals surface area (Å²) in [6.45, 7) is 7.90. The van der Waals surface area contributed by atoms with Gasteiger partial charge in [0.05, 0.1) is 5.69 Å². The van der Waals surface area contributed by atoms with Crippen LogP contribution in [0.4, 0.5) is 0 Å². The maximum Gasteiger partial charge on any atom is 0.148 e. The van der Waals surface area contributed by atoms with Gasteiger partial charge in [0.15, 0.2) is 0 Å². The highest BCUT2D eigenvalue weighted by atomic mass is 79.9. The third-order valence-electron chi connectivity index (χ3n) is 3.21. The molecule has 0 radical (unpaired) electrons. The number of benzene rings is 1. The Kier molecular flexibility index (Phi) is 5.76. The van der Waals surface area contributed by atoms with Crippen LogP contribution in [0.1, 0.15) is 30.8 Å². The van der Waals surface area contributed by atoms with E-state index in [4.69, 9.17) is 4.74 Å². The molecule has 1 aromatic carbocycles. The van der Waals surface area contributed by atoms with Crippen LogP contribution >= 0.6 is 15.9 Å². The smallest absolute Gasteiger partial charge is 0.148 e. The van der Waals surface area contributed by atoms with Crippen molar-refractivity contribution in [1.82, 2.24) is 10.3 Å². The molecule has 0 fully saturated rings. The summed E-state index contributed by atoms with van der Waals surface area (Å²) < 4.78 is 7.17. The minimum Gasteiger partial charge on any atom is -0.455 e. The molecule has 0 bridgehead atoms. The summed E-state index contributed by atoms with van der Waals surface area (Å²) in [6.07, 6.45) is 0.857. The number of ether oxygens (including phenoxy) is 1. The van der Waals surface area contributed by atoms with Gasteiger partial charge in [-0.15, -0.1) is 0 Å². The molecule has 1 aromatic heterocycles. The molecular weight excluding hydrogens is 328 g/mol. The zero-order chi connectivity index (χ0) is 15.2. The Morgan fingerprint density at radius 3 is 2.62 bits per heavy atom. The van der Waals surface area contributed by atoms with Gasteiger partial charge in [-0.2, -0.15) is 0 Å². The first-order valence-corrected chi connectivity index (χ1v) is 8.06. The molecule has 0 aliphatic rings. The highest BCUT2D eigenvalue weighted by molar-refractivity contribution is 9.10. The molecule has 1 heterocycles. The molecule has 112 valence electrons. The van der Waals surface area contributed by atoms with Crippen LogP contribution in [0.15, 0.2) is 34.8 Å². The summed E-state index contributed by atoms with van der Waals surface area (Å²) in [4.78, 5) is 4.55. The largest absolute Gasteiger partial charge is 0.455 e. The zero-order valence-electron chi connectivity index (χ0n) is 12.7. The molecule has 0 atom stereocenters. The van der Waals surface area contributed by atoms with Crippen molar-refractivity contribution >= 4 is 15.9 Å². The maximum absolute atomic E-state index is 6.12. The lowest BCUT2D eigenvalue weighted by atomic mass is 10.2. The lowest BCUT2D eigenvalue weighted by Gasteiger charge is -2.14. The molecular formula is C17H21BrN2O. The lowest BCUT2D eigenvalue weighted by Crippen LogP contribution is -2.12. The Morgan fingerprint density at radius 1 is 1.14 bits per heavy atom. The number of halogens is 1. The molecule has 0 aliphatic heterocycles. The second kappa shape index (κ2) is 7.57. The summed E-state index contributed by atoms with van der Waals surface area (Å²) in [5.74, 6) is 1.71. The second-order valence-electron chi connectivity index (χ2n) is 4.89. The van der Waals surface area contributed by atoms with Crippen LogP contribution in [0.25, 0.3) is 0 Å². The fourth-order valence-corrected chi connectivity index (χ4v) is 2.52. The van der Waals surface area contributed by atoms with Crippen molar-refractivity contribution in [3.63, 3.8) is 0 Å². The predicted molar refractivity (Wildman–Crippen MR) is 89.9 cm³/mol. The van der Waals surface area contributed by atoms with Crippen molar-refractivity contribution in [3.8, 4) is 11.5 Å². The standard InChI is InChI=1S/C17H21BrN2O/c1-4-15-17(8-6-12(3)20-15)21-16-9-7-14(18)10-13(16)11-19-5-2/h6-10,19H,4-5,11H2,1-3H3. The van der Waals surface area contributed by atoms with Crippen LogP contribution in [0, 0.1) is 6.92 Å². The van der Waals surface area contributed by atoms with Crippen molar-refractivity contribution in [2.75, 3.05) is 6.54 Å². The highest BCUT2D eigenvalue weighted by Crippen LogP contribution is 2.30. The van der Waals surface area contributed by atoms with E-state index in [1.807, 2.05) is 31.2 Å². The highest BCUT2D eigenvalue weighted by Gasteiger charge is 2.09. The van der Waals surface area contributed by atoms with E-state index >= 15 is 0 Å². The van der Waals surface area contributed by atoms with Crippen LogP contribution in [0.2, 0.25) is 0 Å². The summed E-state index contributed by atoms with van der Waals surface area (Å²) in [6, 6.07) is 10.1. The van der Waals surface area contributed by atoms with Gasteiger partial charge < -0.3 is 10.1 Å². The molecule has 0 aliphatic carbocycles. The Hall–Kier alpha value is -1.39. The number of hydrogen-bond donors (Lipinski definition) is 1. The quantitative estimate of drug-likeness (QED) is 0.827. The molecule has 21 heavy (non-hydrogen) atoms. The number of rotatable bonds is 6. The fourth-order valence-electron chi connectivity index (χ4n) is 2.11. The van der Waals surface area contributed by atoms with Crippen molar-refractivity contribution in [2.45, 2.75) is 33.7 Å². The van der Waals surface area contributed by atoms with Gasteiger partial charge >= 0.3 is 0 Å². The third-order valence-corrected chi connectivity index (χ3v) is 3.71. The first-order valence-electron chi connectivity index (χ1n) is 7.27. The fraction of sp³-hybridized carbons (Fsp3) is 0.353. The van der Waals surface area contributed by atoms with E-state index in [0.29, 0.717) is 0 Å². The Bertz CT molecular complexity index is 614. The summed E-state index contributed by atoms with van der Waals surface area (Å²) in [5.41, 5.74) is 3.14. The Balaban J connectivity index is 2.30. The molecule has 4 heteroatoms. The average molecular weight is 349 g/mol. The predicted octanol–water partition coefficient (Wildman–Crippen LogP) is 4.62. The summed E-state index contributed by atoms with van der Waals surface area (Å²) in [7, 11) is 0. The Labute approximate surface area is 134 Å². The van der Waals surface area contributed by atoms with E-state index in [2.05, 4.69) is 46.1 Å². The number of aromatic nitrogens is 1. The number of pyridine rings is 1. The van der Waals surface area contributed by atoms with Gasteiger partial charge in [-0.1, -0.05) is 29.8 Å². The first-order chi connectivity index (χ1) is 10.1. The molecule has 0 saturated heterocycles. The van der Waals surface area contributed by atoms with Gasteiger partial charge in [-0.3, -0.25) is 4.98 Å². The van der Waals surface area contributed by atoms with Crippen molar-refractivity contribution < 1.29 is 4.74 Å². The van der Waals surface area contributed by atoms with Crippen molar-refractivity contribution in [2.24, 2.45) is 0 Å². The van der Waals surface area contributed by atoms with E-state index in [0.717, 1.165) is 52.4 Å². The van der Waals surface area contributed by atoms with Crippen LogP contribution in [-0.4, -0.2) is 11.5 Å². The normalized spacial score (nSPS) is 10.7. The van der Waals surface area contributed by atoms with Crippen LogP contribution in [0.5, 0.6) is 11.5 Å². The first kappa shape index (κ1) is 16.0. The van der Waals surface area contributed by atoms with Crippen LogP contribution < -0.4 is 10.1 Å². The summed E-state index contributed by atoms with van der Waals surface area (Å²) >= 11 is 3.52. The SMILES string of the molecule is CCNCc1cc(Br)ccc1Oc1ccc(C)nc1CC. The van der Waals surface area contributed by atoms with Crippen molar-refractivity contribution in [1.29, 1.82) is 0 Å². The van der Waals surface area contributed by atoms with E-state index in [-0.39, 0.29) is 0 Å². The lowest BCUT2D eigenvalue weighted by molar-refractivity contribution is 0.464. The molecule has 0 unspecified atom stereocenters. The van der Waals surface area contributed by atoms with Gasteiger partial charge in [0.1, 0.15) is 11.5 Å². The zero-order valence-corrected chi connectivity index (χ0v) is 14.3. The topological polar surface area (TPSA) is 34.1 Å². The second-order valence-corrected chi connectivity index (χ2v) is 5.80. The number of nitrogens with zero attached hydrogens (tertiary/aromatic N) is 1. The van der Waals surface area contributed by atoms with Gasteiger partial charge in [0, 0.05) is 22.3 Å². The third kappa shape index (κ3) is 4.29. The van der Waals surface area contributed by atoms with Gasteiger partial charge in [-0.05, 0) is 50.2 Å². The average Bonchev–Trinajstić information content (AvgIpc) is 2.48. The van der Waals surface area contributed by atoms with E-state index < -0.39 is 0 Å². The van der Waals surface area contributed by atoms with Crippen LogP contribution in [0.3, 0.4) is 0 Å². The molecule has 0 saturated carbocycles. The Morgan fingerprint density at radius 2 is 1.90 bits per heavy atom. The summed E-state index contributed by atoms with van der Waals surface area (Å²) in [5, 5.41) is 3.34. The molecule has 0 amide bonds. The molecule has 3 nitrogen and oxygen atoms in total. The molecule has 2 rings (SSSR count). The van der Waals surface area contributed by atoms with Crippen molar-refractivity contribution in [3.05, 3.63) is 51.8 Å². The monoisotopic (exact) mass is 348 g/mol. The van der Waals surface area contributed by atoms with E-state index in [1.165, 1.54) is 0 Å². The van der Waals surface area contributed by atoms with Gasteiger partial charge in [0.25, 0.3) is 0 Å². The van der Waals surface area contributed by atoms with Gasteiger partial charge in [-0.25, -0.2) is 0 Å². The van der Waals surface area contributed by atoms with Crippen LogP contribution in [-0.2, 0) is 13.0 Å². The number of nitrogens with one attached hydrogen (secondary N) is 1. The van der Waals surface area contributed by atoms with E-state index in [1.54, 1.807) is 0 Å². The minimum absolute atomic E-state index is 0.784. The number of aryl methyl sites for hydroxylation is 2. The molecule has 1 N–H and O–H groups in total. The molecule has 0 spiro atoms. The van der Waals surface area contributed by atoms with E-state index in [9.17, 15) is 0 Å².